The molecular weight excluding hydrogens is 318 g/mol. The molecule has 1 fully saturated rings. The molecule has 5 heteroatoms. The minimum Gasteiger partial charge on any atom is -0.301 e. The summed E-state index contributed by atoms with van der Waals surface area (Å²) in [5.74, 6) is 0.801. The van der Waals surface area contributed by atoms with Crippen LogP contribution in [0.3, 0.4) is 0 Å². The molecule has 1 aliphatic carbocycles. The van der Waals surface area contributed by atoms with Gasteiger partial charge in [-0.15, -0.1) is 10.2 Å². The fraction of sp³-hybridized carbons (Fsp3) is 0.526. The second-order valence-corrected chi connectivity index (χ2v) is 7.76. The zero-order valence-corrected chi connectivity index (χ0v) is 15.1. The number of benzene rings is 1. The molecule has 1 amide bonds. The third kappa shape index (κ3) is 4.87. The predicted octanol–water partition coefficient (Wildman–Crippen LogP) is 4.74. The fourth-order valence-electron chi connectivity index (χ4n) is 3.34. The molecule has 1 aromatic carbocycles. The number of carbonyl (C=O) groups excluding carboxylic acids is 1. The number of nitrogens with zero attached hydrogens (tertiary/aromatic N) is 2. The number of hydrogen-bond donors (Lipinski definition) is 1. The molecule has 0 unspecified atom stereocenters. The summed E-state index contributed by atoms with van der Waals surface area (Å²) in [6.45, 7) is 2.10. The van der Waals surface area contributed by atoms with Crippen LogP contribution >= 0.6 is 11.3 Å². The lowest BCUT2D eigenvalue weighted by molar-refractivity contribution is -0.116. The maximum Gasteiger partial charge on any atom is 0.226 e. The second kappa shape index (κ2) is 8.38. The number of rotatable bonds is 6. The maximum atomic E-state index is 12.1. The van der Waals surface area contributed by atoms with E-state index in [1.165, 1.54) is 54.6 Å². The zero-order valence-electron chi connectivity index (χ0n) is 14.3. The molecule has 128 valence electrons. The Hall–Kier alpha value is -1.75. The topological polar surface area (TPSA) is 54.9 Å². The number of aromatic nitrogens is 2. The molecule has 0 bridgehead atoms. The summed E-state index contributed by atoms with van der Waals surface area (Å²) >= 11 is 1.47. The van der Waals surface area contributed by atoms with Gasteiger partial charge < -0.3 is 5.32 Å². The van der Waals surface area contributed by atoms with Crippen molar-refractivity contribution in [2.75, 3.05) is 5.32 Å². The first-order valence-corrected chi connectivity index (χ1v) is 9.69. The van der Waals surface area contributed by atoms with Crippen LogP contribution in [0.25, 0.3) is 0 Å². The third-order valence-corrected chi connectivity index (χ3v) is 5.66. The zero-order chi connectivity index (χ0) is 16.8. The van der Waals surface area contributed by atoms with Gasteiger partial charge in [-0.1, -0.05) is 67.7 Å². The van der Waals surface area contributed by atoms with Crippen LogP contribution in [0.2, 0.25) is 0 Å². The Balaban J connectivity index is 1.48. The Kier molecular flexibility index (Phi) is 5.96. The number of carbonyl (C=O) groups is 1. The summed E-state index contributed by atoms with van der Waals surface area (Å²) in [5.41, 5.74) is 2.51. The molecule has 0 atom stereocenters. The van der Waals surface area contributed by atoms with Crippen LogP contribution in [0, 0.1) is 12.8 Å². The fourth-order valence-corrected chi connectivity index (χ4v) is 4.12. The first-order valence-electron chi connectivity index (χ1n) is 8.87. The van der Waals surface area contributed by atoms with E-state index < -0.39 is 0 Å². The Bertz CT molecular complexity index is 677. The van der Waals surface area contributed by atoms with E-state index in [0.29, 0.717) is 11.6 Å². The van der Waals surface area contributed by atoms with Crippen LogP contribution in [0.15, 0.2) is 24.3 Å². The molecule has 1 N–H and O–H groups in total. The smallest absolute Gasteiger partial charge is 0.226 e. The van der Waals surface area contributed by atoms with Gasteiger partial charge in [0.1, 0.15) is 5.01 Å². The van der Waals surface area contributed by atoms with Crippen molar-refractivity contribution in [2.24, 2.45) is 5.92 Å². The first-order chi connectivity index (χ1) is 11.7. The summed E-state index contributed by atoms with van der Waals surface area (Å²) in [5, 5.41) is 12.8. The van der Waals surface area contributed by atoms with Crippen molar-refractivity contribution in [3.05, 3.63) is 40.4 Å². The van der Waals surface area contributed by atoms with E-state index in [9.17, 15) is 4.79 Å². The van der Waals surface area contributed by atoms with Crippen molar-refractivity contribution in [3.63, 3.8) is 0 Å². The molecule has 4 nitrogen and oxygen atoms in total. The van der Waals surface area contributed by atoms with Crippen molar-refractivity contribution in [1.82, 2.24) is 10.2 Å². The van der Waals surface area contributed by atoms with E-state index in [1.807, 2.05) is 12.1 Å². The van der Waals surface area contributed by atoms with Gasteiger partial charge in [0.2, 0.25) is 11.0 Å². The van der Waals surface area contributed by atoms with Gasteiger partial charge in [-0.25, -0.2) is 0 Å². The van der Waals surface area contributed by atoms with Crippen molar-refractivity contribution in [3.8, 4) is 0 Å². The van der Waals surface area contributed by atoms with Crippen molar-refractivity contribution >= 4 is 22.4 Å². The van der Waals surface area contributed by atoms with E-state index >= 15 is 0 Å². The quantitative estimate of drug-likeness (QED) is 0.824. The summed E-state index contributed by atoms with van der Waals surface area (Å²) < 4.78 is 0. The summed E-state index contributed by atoms with van der Waals surface area (Å²) in [6.07, 6.45) is 8.94. The average molecular weight is 343 g/mol. The number of anilines is 1. The molecule has 1 saturated carbocycles. The minimum atomic E-state index is 0.0687. The highest BCUT2D eigenvalue weighted by Crippen LogP contribution is 2.27. The molecule has 3 rings (SSSR count). The summed E-state index contributed by atoms with van der Waals surface area (Å²) in [7, 11) is 0. The van der Waals surface area contributed by atoms with Crippen LogP contribution in [0.5, 0.6) is 0 Å². The predicted molar refractivity (Wildman–Crippen MR) is 98.3 cm³/mol. The van der Waals surface area contributed by atoms with E-state index in [1.54, 1.807) is 0 Å². The monoisotopic (exact) mass is 343 g/mol. The average Bonchev–Trinajstić information content (AvgIpc) is 3.03. The van der Waals surface area contributed by atoms with Gasteiger partial charge in [0.25, 0.3) is 0 Å². The first kappa shape index (κ1) is 17.1. The number of hydrogen-bond acceptors (Lipinski definition) is 4. The molecule has 0 radical (unpaired) electrons. The molecule has 24 heavy (non-hydrogen) atoms. The van der Waals surface area contributed by atoms with E-state index in [0.717, 1.165) is 23.8 Å². The van der Waals surface area contributed by atoms with E-state index in [-0.39, 0.29) is 5.91 Å². The maximum absolute atomic E-state index is 12.1. The second-order valence-electron chi connectivity index (χ2n) is 6.70. The highest BCUT2D eigenvalue weighted by Gasteiger charge is 2.15. The molecular formula is C19H25N3OS. The minimum absolute atomic E-state index is 0.0687. The number of nitrogens with one attached hydrogen (secondary N) is 1. The van der Waals surface area contributed by atoms with Gasteiger partial charge >= 0.3 is 0 Å². The molecule has 1 aromatic heterocycles. The largest absolute Gasteiger partial charge is 0.301 e. The van der Waals surface area contributed by atoms with Crippen molar-refractivity contribution < 1.29 is 4.79 Å². The van der Waals surface area contributed by atoms with E-state index in [4.69, 9.17) is 0 Å². The van der Waals surface area contributed by atoms with Gasteiger partial charge in [0.15, 0.2) is 0 Å². The van der Waals surface area contributed by atoms with E-state index in [2.05, 4.69) is 34.6 Å². The highest BCUT2D eigenvalue weighted by molar-refractivity contribution is 7.15. The van der Waals surface area contributed by atoms with Crippen LogP contribution in [-0.4, -0.2) is 16.1 Å². The summed E-state index contributed by atoms with van der Waals surface area (Å²) in [6, 6.07) is 8.29. The summed E-state index contributed by atoms with van der Waals surface area (Å²) in [4.78, 5) is 12.1. The normalized spacial score (nSPS) is 15.4. The van der Waals surface area contributed by atoms with Gasteiger partial charge in [0.05, 0.1) is 0 Å². The van der Waals surface area contributed by atoms with Gasteiger partial charge in [-0.3, -0.25) is 4.79 Å². The lowest BCUT2D eigenvalue weighted by Crippen LogP contribution is -2.14. The Labute approximate surface area is 147 Å². The van der Waals surface area contributed by atoms with Crippen molar-refractivity contribution in [1.29, 1.82) is 0 Å². The van der Waals surface area contributed by atoms with Crippen LogP contribution in [-0.2, 0) is 11.2 Å². The van der Waals surface area contributed by atoms with Crippen LogP contribution in [0.4, 0.5) is 5.13 Å². The molecule has 2 aromatic rings. The van der Waals surface area contributed by atoms with Crippen LogP contribution in [0.1, 0.15) is 61.1 Å². The Morgan fingerprint density at radius 1 is 1.21 bits per heavy atom. The molecule has 1 aliphatic rings. The number of amides is 1. The van der Waals surface area contributed by atoms with Crippen molar-refractivity contribution in [2.45, 2.75) is 58.3 Å². The molecule has 0 saturated heterocycles. The lowest BCUT2D eigenvalue weighted by Gasteiger charge is -2.20. The lowest BCUT2D eigenvalue weighted by atomic mass is 9.86. The Morgan fingerprint density at radius 3 is 2.79 bits per heavy atom. The molecule has 0 spiro atoms. The third-order valence-electron chi connectivity index (χ3n) is 4.82. The van der Waals surface area contributed by atoms with Gasteiger partial charge in [-0.05, 0) is 30.4 Å². The SMILES string of the molecule is Cc1ccccc1Cc1nnc(NC(=O)CCC2CCCCC2)s1. The standard InChI is InChI=1S/C19H25N3OS/c1-14-7-5-6-10-16(14)13-18-21-22-19(24-18)20-17(23)12-11-15-8-3-2-4-9-15/h5-7,10,15H,2-4,8-9,11-13H2,1H3,(H,20,22,23). The number of aryl methyl sites for hydroxylation is 1. The van der Waals surface area contributed by atoms with Gasteiger partial charge in [-0.2, -0.15) is 0 Å². The van der Waals surface area contributed by atoms with Gasteiger partial charge in [0, 0.05) is 12.8 Å². The molecule has 1 heterocycles. The highest BCUT2D eigenvalue weighted by atomic mass is 32.1. The Morgan fingerprint density at radius 2 is 2.00 bits per heavy atom. The molecule has 0 aliphatic heterocycles. The van der Waals surface area contributed by atoms with Crippen LogP contribution < -0.4 is 5.32 Å².